The molecule has 0 spiro atoms. The van der Waals surface area contributed by atoms with Crippen molar-refractivity contribution in [2.45, 2.75) is 45.1 Å². The molecule has 0 bridgehead atoms. The Morgan fingerprint density at radius 1 is 1.25 bits per heavy atom. The van der Waals surface area contributed by atoms with E-state index in [2.05, 4.69) is 0 Å². The van der Waals surface area contributed by atoms with Crippen LogP contribution in [0, 0.1) is 24.6 Å². The summed E-state index contributed by atoms with van der Waals surface area (Å²) in [5, 5.41) is 0. The van der Waals surface area contributed by atoms with Crippen LogP contribution in [0.25, 0.3) is 0 Å². The molecule has 0 N–H and O–H groups in total. The zero-order valence-corrected chi connectivity index (χ0v) is 11.8. The first-order valence-electron chi connectivity index (χ1n) is 7.19. The molecule has 1 aromatic carbocycles. The molecule has 0 radical (unpaired) electrons. The van der Waals surface area contributed by atoms with Gasteiger partial charge in [0.2, 0.25) is 0 Å². The number of benzene rings is 1. The number of rotatable bonds is 1. The van der Waals surface area contributed by atoms with E-state index in [1.165, 1.54) is 6.92 Å². The van der Waals surface area contributed by atoms with Crippen LogP contribution in [0.5, 0.6) is 0 Å². The topological polar surface area (TPSA) is 9.23 Å². The Bertz CT molecular complexity index is 519. The number of fused-ring (bicyclic) bond motifs is 1. The van der Waals surface area contributed by atoms with E-state index in [0.29, 0.717) is 12.2 Å². The maximum atomic E-state index is 14.6. The normalized spacial score (nSPS) is 32.1. The minimum atomic E-state index is -3.08. The average molecular weight is 284 g/mol. The molecule has 110 valence electrons. The zero-order chi connectivity index (χ0) is 14.5. The Balaban J connectivity index is 1.92. The van der Waals surface area contributed by atoms with Gasteiger partial charge in [-0.2, -0.15) is 0 Å². The van der Waals surface area contributed by atoms with Crippen molar-refractivity contribution in [3.8, 4) is 0 Å². The van der Waals surface area contributed by atoms with E-state index >= 15 is 0 Å². The lowest BCUT2D eigenvalue weighted by molar-refractivity contribution is -0.112. The summed E-state index contributed by atoms with van der Waals surface area (Å²) in [5.41, 5.74) is 0.375. The van der Waals surface area contributed by atoms with E-state index in [-0.39, 0.29) is 29.6 Å². The lowest BCUT2D eigenvalue weighted by Crippen LogP contribution is -2.35. The highest BCUT2D eigenvalue weighted by molar-refractivity contribution is 5.41. The summed E-state index contributed by atoms with van der Waals surface area (Å²) in [6.45, 7) is 3.85. The smallest absolute Gasteiger partial charge is 0.279 e. The third-order valence-electron chi connectivity index (χ3n) is 4.77. The SMILES string of the molecule is Cc1ccc2c(c1F)C(F)(F)C(C1CCC(C)OC1)C2. The van der Waals surface area contributed by atoms with E-state index in [1.807, 2.05) is 6.92 Å². The average Bonchev–Trinajstić information content (AvgIpc) is 2.67. The van der Waals surface area contributed by atoms with Gasteiger partial charge in [0.1, 0.15) is 5.82 Å². The standard InChI is InChI=1S/C16H19F3O/c1-9-3-5-11-7-13(12-6-4-10(2)20-8-12)16(18,19)14(11)15(9)17/h3,5,10,12-13H,4,6-8H2,1-2H3. The van der Waals surface area contributed by atoms with Crippen molar-refractivity contribution in [2.75, 3.05) is 6.61 Å². The highest BCUT2D eigenvalue weighted by atomic mass is 19.3. The summed E-state index contributed by atoms with van der Waals surface area (Å²) < 4.78 is 48.9. The molecule has 20 heavy (non-hydrogen) atoms. The van der Waals surface area contributed by atoms with Crippen LogP contribution >= 0.6 is 0 Å². The van der Waals surface area contributed by atoms with Crippen LogP contribution in [-0.4, -0.2) is 12.7 Å². The van der Waals surface area contributed by atoms with Gasteiger partial charge in [0, 0.05) is 5.92 Å². The molecule has 3 atom stereocenters. The summed E-state index contributed by atoms with van der Waals surface area (Å²) in [5.74, 6) is -4.84. The second-order valence-corrected chi connectivity index (χ2v) is 6.15. The van der Waals surface area contributed by atoms with Crippen LogP contribution in [0.2, 0.25) is 0 Å². The highest BCUT2D eigenvalue weighted by Crippen LogP contribution is 2.52. The molecular formula is C16H19F3O. The molecule has 1 fully saturated rings. The van der Waals surface area contributed by atoms with E-state index in [9.17, 15) is 13.2 Å². The van der Waals surface area contributed by atoms with Gasteiger partial charge >= 0.3 is 0 Å². The molecule has 1 saturated heterocycles. The molecule has 1 aliphatic heterocycles. The Kier molecular flexibility index (Phi) is 3.32. The van der Waals surface area contributed by atoms with Crippen molar-refractivity contribution in [2.24, 2.45) is 11.8 Å². The second-order valence-electron chi connectivity index (χ2n) is 6.15. The van der Waals surface area contributed by atoms with Crippen molar-refractivity contribution in [3.63, 3.8) is 0 Å². The largest absolute Gasteiger partial charge is 0.378 e. The lowest BCUT2D eigenvalue weighted by atomic mass is 9.82. The van der Waals surface area contributed by atoms with Crippen LogP contribution in [-0.2, 0) is 17.1 Å². The predicted octanol–water partition coefficient (Wildman–Crippen LogP) is 4.21. The fraction of sp³-hybridized carbons (Fsp3) is 0.625. The monoisotopic (exact) mass is 284 g/mol. The third kappa shape index (κ3) is 2.05. The number of ether oxygens (including phenoxy) is 1. The summed E-state index contributed by atoms with van der Waals surface area (Å²) in [6, 6.07) is 3.24. The van der Waals surface area contributed by atoms with Crippen LogP contribution in [0.15, 0.2) is 12.1 Å². The number of alkyl halides is 2. The number of hydrogen-bond acceptors (Lipinski definition) is 1. The molecule has 0 aromatic heterocycles. The highest BCUT2D eigenvalue weighted by Gasteiger charge is 2.53. The molecule has 4 heteroatoms. The minimum Gasteiger partial charge on any atom is -0.378 e. The molecule has 0 saturated carbocycles. The summed E-state index contributed by atoms with van der Waals surface area (Å²) in [6.07, 6.45) is 1.93. The molecule has 1 aliphatic carbocycles. The van der Waals surface area contributed by atoms with Gasteiger partial charge in [-0.05, 0) is 50.2 Å². The predicted molar refractivity (Wildman–Crippen MR) is 70.4 cm³/mol. The summed E-state index contributed by atoms with van der Waals surface area (Å²) in [4.78, 5) is 0. The Labute approximate surface area is 117 Å². The Hall–Kier alpha value is -1.03. The van der Waals surface area contributed by atoms with Crippen molar-refractivity contribution in [1.29, 1.82) is 0 Å². The van der Waals surface area contributed by atoms with Crippen LogP contribution in [0.1, 0.15) is 36.5 Å². The van der Waals surface area contributed by atoms with Crippen LogP contribution < -0.4 is 0 Å². The molecule has 1 heterocycles. The van der Waals surface area contributed by atoms with E-state index in [1.54, 1.807) is 12.1 Å². The molecule has 3 unspecified atom stereocenters. The van der Waals surface area contributed by atoms with E-state index < -0.39 is 17.7 Å². The van der Waals surface area contributed by atoms with Gasteiger partial charge in [-0.1, -0.05) is 12.1 Å². The Morgan fingerprint density at radius 3 is 2.65 bits per heavy atom. The molecular weight excluding hydrogens is 265 g/mol. The van der Waals surface area contributed by atoms with Gasteiger partial charge in [-0.25, -0.2) is 13.2 Å². The van der Waals surface area contributed by atoms with Crippen molar-refractivity contribution >= 4 is 0 Å². The van der Waals surface area contributed by atoms with Crippen LogP contribution in [0.4, 0.5) is 13.2 Å². The molecule has 1 aromatic rings. The van der Waals surface area contributed by atoms with Crippen molar-refractivity contribution in [3.05, 3.63) is 34.6 Å². The summed E-state index contributed by atoms with van der Waals surface area (Å²) >= 11 is 0. The van der Waals surface area contributed by atoms with Gasteiger partial charge in [0.05, 0.1) is 18.3 Å². The maximum absolute atomic E-state index is 14.6. The van der Waals surface area contributed by atoms with Gasteiger partial charge in [0.15, 0.2) is 0 Å². The first kappa shape index (κ1) is 13.9. The fourth-order valence-electron chi connectivity index (χ4n) is 3.48. The van der Waals surface area contributed by atoms with E-state index in [4.69, 9.17) is 4.74 Å². The molecule has 0 amide bonds. The molecule has 3 rings (SSSR count). The third-order valence-corrected chi connectivity index (χ3v) is 4.77. The molecule has 1 nitrogen and oxygen atoms in total. The van der Waals surface area contributed by atoms with Crippen molar-refractivity contribution < 1.29 is 17.9 Å². The van der Waals surface area contributed by atoms with Gasteiger partial charge in [-0.15, -0.1) is 0 Å². The molecule has 2 aliphatic rings. The first-order chi connectivity index (χ1) is 9.41. The Morgan fingerprint density at radius 2 is 2.00 bits per heavy atom. The van der Waals surface area contributed by atoms with Gasteiger partial charge < -0.3 is 4.74 Å². The van der Waals surface area contributed by atoms with Crippen molar-refractivity contribution in [1.82, 2.24) is 0 Å². The van der Waals surface area contributed by atoms with Gasteiger partial charge in [0.25, 0.3) is 5.92 Å². The van der Waals surface area contributed by atoms with E-state index in [0.717, 1.165) is 12.8 Å². The quantitative estimate of drug-likeness (QED) is 0.750. The zero-order valence-electron chi connectivity index (χ0n) is 11.8. The fourth-order valence-corrected chi connectivity index (χ4v) is 3.48. The number of hydrogen-bond donors (Lipinski definition) is 0. The maximum Gasteiger partial charge on any atom is 0.279 e. The minimum absolute atomic E-state index is 0.141. The first-order valence-corrected chi connectivity index (χ1v) is 7.19. The second kappa shape index (κ2) is 4.76. The lowest BCUT2D eigenvalue weighted by Gasteiger charge is -2.33. The van der Waals surface area contributed by atoms with Crippen LogP contribution in [0.3, 0.4) is 0 Å². The van der Waals surface area contributed by atoms with Gasteiger partial charge in [-0.3, -0.25) is 0 Å². The number of halogens is 3. The summed E-state index contributed by atoms with van der Waals surface area (Å²) in [7, 11) is 0. The number of aryl methyl sites for hydroxylation is 1.